The third kappa shape index (κ3) is 4.83. The number of ether oxygens (including phenoxy) is 1. The standard InChI is InChI=1S/C17H26N2O2/c1-2-19(13-15-9-6-12-21-15)17(20)16(18)11-10-14-7-4-3-5-8-14/h3-5,7-8,15-16H,2,6,9-13,18H2,1H3. The molecule has 1 aromatic rings. The van der Waals surface area contributed by atoms with Crippen LogP contribution in [0.15, 0.2) is 30.3 Å². The summed E-state index contributed by atoms with van der Waals surface area (Å²) in [7, 11) is 0. The maximum absolute atomic E-state index is 12.4. The molecule has 2 rings (SSSR count). The van der Waals surface area contributed by atoms with Gasteiger partial charge >= 0.3 is 0 Å². The van der Waals surface area contributed by atoms with E-state index in [4.69, 9.17) is 10.5 Å². The number of nitrogens with zero attached hydrogens (tertiary/aromatic N) is 1. The van der Waals surface area contributed by atoms with E-state index in [1.54, 1.807) is 0 Å². The van der Waals surface area contributed by atoms with Crippen molar-refractivity contribution in [3.63, 3.8) is 0 Å². The molecule has 1 heterocycles. The minimum absolute atomic E-state index is 0.0453. The third-order valence-electron chi connectivity index (χ3n) is 4.05. The lowest BCUT2D eigenvalue weighted by Gasteiger charge is -2.26. The predicted octanol–water partition coefficient (Wildman–Crippen LogP) is 1.97. The van der Waals surface area contributed by atoms with E-state index in [0.29, 0.717) is 19.5 Å². The number of amides is 1. The van der Waals surface area contributed by atoms with E-state index in [1.807, 2.05) is 30.0 Å². The van der Waals surface area contributed by atoms with Crippen LogP contribution >= 0.6 is 0 Å². The van der Waals surface area contributed by atoms with Gasteiger partial charge in [-0.3, -0.25) is 4.79 Å². The topological polar surface area (TPSA) is 55.6 Å². The fourth-order valence-corrected chi connectivity index (χ4v) is 2.73. The van der Waals surface area contributed by atoms with Gasteiger partial charge in [-0.15, -0.1) is 0 Å². The van der Waals surface area contributed by atoms with Crippen LogP contribution in [-0.4, -0.2) is 42.6 Å². The molecule has 2 unspecified atom stereocenters. The number of likely N-dealkylation sites (N-methyl/N-ethyl adjacent to an activating group) is 1. The Hall–Kier alpha value is -1.39. The summed E-state index contributed by atoms with van der Waals surface area (Å²) < 4.78 is 5.61. The number of rotatable bonds is 7. The smallest absolute Gasteiger partial charge is 0.239 e. The Kier molecular flexibility index (Phi) is 6.21. The molecule has 4 nitrogen and oxygen atoms in total. The molecule has 0 aliphatic carbocycles. The second kappa shape index (κ2) is 8.15. The Labute approximate surface area is 127 Å². The molecule has 1 fully saturated rings. The molecular formula is C17H26N2O2. The molecule has 1 saturated heterocycles. The molecular weight excluding hydrogens is 264 g/mol. The van der Waals surface area contributed by atoms with Crippen LogP contribution in [0.5, 0.6) is 0 Å². The van der Waals surface area contributed by atoms with Crippen LogP contribution in [0.1, 0.15) is 31.7 Å². The molecule has 4 heteroatoms. The van der Waals surface area contributed by atoms with E-state index in [-0.39, 0.29) is 12.0 Å². The van der Waals surface area contributed by atoms with Crippen LogP contribution in [0.25, 0.3) is 0 Å². The average Bonchev–Trinajstić information content (AvgIpc) is 3.03. The van der Waals surface area contributed by atoms with E-state index in [9.17, 15) is 4.79 Å². The third-order valence-corrected chi connectivity index (χ3v) is 4.05. The molecule has 0 saturated carbocycles. The summed E-state index contributed by atoms with van der Waals surface area (Å²) in [6.07, 6.45) is 3.85. The lowest BCUT2D eigenvalue weighted by atomic mass is 10.0. The molecule has 1 amide bonds. The minimum atomic E-state index is -0.424. The van der Waals surface area contributed by atoms with Gasteiger partial charge in [-0.25, -0.2) is 0 Å². The zero-order valence-corrected chi connectivity index (χ0v) is 12.8. The number of benzene rings is 1. The Balaban J connectivity index is 1.81. The Bertz CT molecular complexity index is 430. The van der Waals surface area contributed by atoms with Crippen molar-refractivity contribution in [2.75, 3.05) is 19.7 Å². The highest BCUT2D eigenvalue weighted by Crippen LogP contribution is 2.14. The number of hydrogen-bond acceptors (Lipinski definition) is 3. The van der Waals surface area contributed by atoms with Crippen molar-refractivity contribution in [3.05, 3.63) is 35.9 Å². The normalized spacial score (nSPS) is 19.4. The van der Waals surface area contributed by atoms with Gasteiger partial charge in [-0.1, -0.05) is 30.3 Å². The monoisotopic (exact) mass is 290 g/mol. The molecule has 0 bridgehead atoms. The van der Waals surface area contributed by atoms with E-state index in [1.165, 1.54) is 5.56 Å². The highest BCUT2D eigenvalue weighted by Gasteiger charge is 2.24. The Morgan fingerprint density at radius 3 is 2.81 bits per heavy atom. The zero-order chi connectivity index (χ0) is 15.1. The van der Waals surface area contributed by atoms with Crippen molar-refractivity contribution >= 4 is 5.91 Å². The van der Waals surface area contributed by atoms with Crippen LogP contribution in [0.2, 0.25) is 0 Å². The molecule has 2 N–H and O–H groups in total. The summed E-state index contributed by atoms with van der Waals surface area (Å²) >= 11 is 0. The molecule has 116 valence electrons. The number of carbonyl (C=O) groups excluding carboxylic acids is 1. The highest BCUT2D eigenvalue weighted by atomic mass is 16.5. The van der Waals surface area contributed by atoms with Crippen molar-refractivity contribution in [3.8, 4) is 0 Å². The zero-order valence-electron chi connectivity index (χ0n) is 12.8. The van der Waals surface area contributed by atoms with Gasteiger partial charge < -0.3 is 15.4 Å². The van der Waals surface area contributed by atoms with Gasteiger partial charge in [0.15, 0.2) is 0 Å². The molecule has 0 radical (unpaired) electrons. The first-order chi connectivity index (χ1) is 10.2. The second-order valence-corrected chi connectivity index (χ2v) is 5.64. The highest BCUT2D eigenvalue weighted by molar-refractivity contribution is 5.81. The van der Waals surface area contributed by atoms with Crippen LogP contribution < -0.4 is 5.73 Å². The number of carbonyl (C=O) groups is 1. The SMILES string of the molecule is CCN(CC1CCCO1)C(=O)C(N)CCc1ccccc1. The molecule has 1 aliphatic rings. The quantitative estimate of drug-likeness (QED) is 0.835. The molecule has 0 spiro atoms. The van der Waals surface area contributed by atoms with E-state index in [2.05, 4.69) is 12.1 Å². The first kappa shape index (κ1) is 16.0. The van der Waals surface area contributed by atoms with Gasteiger partial charge in [0.1, 0.15) is 0 Å². The van der Waals surface area contributed by atoms with Crippen LogP contribution in [-0.2, 0) is 16.0 Å². The summed E-state index contributed by atoms with van der Waals surface area (Å²) in [5.74, 6) is 0.0453. The lowest BCUT2D eigenvalue weighted by Crippen LogP contribution is -2.46. The van der Waals surface area contributed by atoms with Gasteiger partial charge in [0.25, 0.3) is 0 Å². The molecule has 1 aliphatic heterocycles. The summed E-state index contributed by atoms with van der Waals surface area (Å²) in [5.41, 5.74) is 7.31. The van der Waals surface area contributed by atoms with Crippen molar-refractivity contribution < 1.29 is 9.53 Å². The lowest BCUT2D eigenvalue weighted by molar-refractivity contribution is -0.134. The van der Waals surface area contributed by atoms with Crippen molar-refractivity contribution in [1.29, 1.82) is 0 Å². The predicted molar refractivity (Wildman–Crippen MR) is 84.0 cm³/mol. The second-order valence-electron chi connectivity index (χ2n) is 5.64. The van der Waals surface area contributed by atoms with Crippen LogP contribution in [0.3, 0.4) is 0 Å². The minimum Gasteiger partial charge on any atom is -0.376 e. The van der Waals surface area contributed by atoms with Crippen LogP contribution in [0.4, 0.5) is 0 Å². The summed E-state index contributed by atoms with van der Waals surface area (Å²) in [4.78, 5) is 14.3. The molecule has 2 atom stereocenters. The van der Waals surface area contributed by atoms with Crippen molar-refractivity contribution in [1.82, 2.24) is 4.90 Å². The van der Waals surface area contributed by atoms with E-state index >= 15 is 0 Å². The number of nitrogens with two attached hydrogens (primary N) is 1. The average molecular weight is 290 g/mol. The van der Waals surface area contributed by atoms with Gasteiger partial charge in [0, 0.05) is 19.7 Å². The molecule has 21 heavy (non-hydrogen) atoms. The van der Waals surface area contributed by atoms with Gasteiger partial charge in [-0.2, -0.15) is 0 Å². The van der Waals surface area contributed by atoms with Crippen LogP contribution in [0, 0.1) is 0 Å². The largest absolute Gasteiger partial charge is 0.376 e. The first-order valence-electron chi connectivity index (χ1n) is 7.90. The summed E-state index contributed by atoms with van der Waals surface area (Å²) in [6.45, 7) is 4.18. The Morgan fingerprint density at radius 2 is 2.19 bits per heavy atom. The van der Waals surface area contributed by atoms with Crippen molar-refractivity contribution in [2.24, 2.45) is 5.73 Å². The van der Waals surface area contributed by atoms with E-state index < -0.39 is 6.04 Å². The van der Waals surface area contributed by atoms with Crippen molar-refractivity contribution in [2.45, 2.75) is 44.8 Å². The number of aryl methyl sites for hydroxylation is 1. The van der Waals surface area contributed by atoms with Gasteiger partial charge in [-0.05, 0) is 38.2 Å². The Morgan fingerprint density at radius 1 is 1.43 bits per heavy atom. The number of hydrogen-bond donors (Lipinski definition) is 1. The van der Waals surface area contributed by atoms with Gasteiger partial charge in [0.2, 0.25) is 5.91 Å². The molecule has 1 aromatic carbocycles. The van der Waals surface area contributed by atoms with E-state index in [0.717, 1.165) is 25.9 Å². The van der Waals surface area contributed by atoms with Gasteiger partial charge in [0.05, 0.1) is 12.1 Å². The maximum atomic E-state index is 12.4. The summed E-state index contributed by atoms with van der Waals surface area (Å²) in [5, 5.41) is 0. The maximum Gasteiger partial charge on any atom is 0.239 e. The summed E-state index contributed by atoms with van der Waals surface area (Å²) in [6, 6.07) is 9.74. The first-order valence-corrected chi connectivity index (χ1v) is 7.90. The molecule has 0 aromatic heterocycles. The fourth-order valence-electron chi connectivity index (χ4n) is 2.73. The fraction of sp³-hybridized carbons (Fsp3) is 0.588.